The molecule has 3 aromatic rings. The molecule has 7 nitrogen and oxygen atoms in total. The maximum Gasteiger partial charge on any atom is 0.269 e. The maximum absolute atomic E-state index is 13.3. The Kier molecular flexibility index (Phi) is 6.69. The number of methoxy groups -OCH3 is 1. The maximum atomic E-state index is 13.3. The minimum Gasteiger partial charge on any atom is -0.438 e. The van der Waals surface area contributed by atoms with E-state index in [9.17, 15) is 9.59 Å². The summed E-state index contributed by atoms with van der Waals surface area (Å²) in [5.74, 6) is 0.450. The number of amides is 1. The summed E-state index contributed by atoms with van der Waals surface area (Å²) < 4.78 is 12.9. The highest BCUT2D eigenvalue weighted by Gasteiger charge is 2.32. The molecular weight excluding hydrogens is 446 g/mol. The highest BCUT2D eigenvalue weighted by molar-refractivity contribution is 8.26. The zero-order valence-electron chi connectivity index (χ0n) is 17.6. The molecule has 0 spiro atoms. The molecule has 164 valence electrons. The molecule has 9 heteroatoms. The van der Waals surface area contributed by atoms with Crippen LogP contribution in [0.1, 0.15) is 17.5 Å². The van der Waals surface area contributed by atoms with E-state index in [0.717, 1.165) is 17.3 Å². The van der Waals surface area contributed by atoms with Crippen molar-refractivity contribution in [2.45, 2.75) is 13.3 Å². The Bertz CT molecular complexity index is 1290. The van der Waals surface area contributed by atoms with Gasteiger partial charge in [0.05, 0.1) is 4.91 Å². The number of thiocarbonyl (C=S) groups is 1. The smallest absolute Gasteiger partial charge is 0.269 e. The number of hydrogen-bond donors (Lipinski definition) is 0. The molecule has 1 aromatic carbocycles. The normalized spacial score (nSPS) is 15.2. The van der Waals surface area contributed by atoms with Crippen molar-refractivity contribution in [1.29, 1.82) is 0 Å². The summed E-state index contributed by atoms with van der Waals surface area (Å²) in [6.45, 7) is 2.93. The minimum absolute atomic E-state index is 0.136. The van der Waals surface area contributed by atoms with Gasteiger partial charge >= 0.3 is 0 Å². The number of ether oxygens (including phenoxy) is 2. The molecule has 4 rings (SSSR count). The van der Waals surface area contributed by atoms with E-state index in [4.69, 9.17) is 21.7 Å². The van der Waals surface area contributed by atoms with E-state index >= 15 is 0 Å². The van der Waals surface area contributed by atoms with Crippen LogP contribution in [0.4, 0.5) is 0 Å². The van der Waals surface area contributed by atoms with Crippen LogP contribution in [0, 0.1) is 6.92 Å². The van der Waals surface area contributed by atoms with Crippen molar-refractivity contribution in [3.8, 4) is 11.6 Å². The molecule has 0 unspecified atom stereocenters. The van der Waals surface area contributed by atoms with E-state index in [1.807, 2.05) is 25.1 Å². The standard InChI is InChI=1S/C23H21N3O4S2/c1-15-7-5-8-16(13-15)30-20-17(21(27)25-10-4-3-9-19(25)24-20)14-18-22(28)26(23(31)32-18)11-6-12-29-2/h3-5,7-10,13-14H,6,11-12H2,1-2H3. The minimum atomic E-state index is -0.331. The summed E-state index contributed by atoms with van der Waals surface area (Å²) >= 11 is 6.54. The second-order valence-electron chi connectivity index (χ2n) is 7.16. The summed E-state index contributed by atoms with van der Waals surface area (Å²) in [7, 11) is 1.61. The number of pyridine rings is 1. The second kappa shape index (κ2) is 9.64. The Morgan fingerprint density at radius 1 is 1.19 bits per heavy atom. The van der Waals surface area contributed by atoms with Crippen LogP contribution in [-0.4, -0.2) is 44.8 Å². The van der Waals surface area contributed by atoms with Crippen molar-refractivity contribution in [2.24, 2.45) is 0 Å². The molecule has 1 amide bonds. The van der Waals surface area contributed by atoms with Crippen LogP contribution in [0.15, 0.2) is 58.4 Å². The van der Waals surface area contributed by atoms with E-state index in [1.165, 1.54) is 15.4 Å². The van der Waals surface area contributed by atoms with E-state index < -0.39 is 0 Å². The predicted molar refractivity (Wildman–Crippen MR) is 129 cm³/mol. The van der Waals surface area contributed by atoms with E-state index in [-0.39, 0.29) is 22.9 Å². The molecule has 0 bridgehead atoms. The van der Waals surface area contributed by atoms with Gasteiger partial charge in [-0.05, 0) is 49.2 Å². The van der Waals surface area contributed by atoms with E-state index in [2.05, 4.69) is 4.98 Å². The number of fused-ring (bicyclic) bond motifs is 1. The largest absolute Gasteiger partial charge is 0.438 e. The number of nitrogens with zero attached hydrogens (tertiary/aromatic N) is 3. The fourth-order valence-corrected chi connectivity index (χ4v) is 4.56. The number of hydrogen-bond acceptors (Lipinski definition) is 7. The molecule has 1 saturated heterocycles. The molecule has 1 aliphatic rings. The molecular formula is C23H21N3O4S2. The lowest BCUT2D eigenvalue weighted by Crippen LogP contribution is -2.29. The lowest BCUT2D eigenvalue weighted by molar-refractivity contribution is -0.122. The van der Waals surface area contributed by atoms with Crippen LogP contribution in [0.2, 0.25) is 0 Å². The first kappa shape index (κ1) is 22.2. The van der Waals surface area contributed by atoms with Gasteiger partial charge < -0.3 is 9.47 Å². The Labute approximate surface area is 194 Å². The van der Waals surface area contributed by atoms with Gasteiger partial charge in [0.1, 0.15) is 21.3 Å². The van der Waals surface area contributed by atoms with E-state index in [1.54, 1.807) is 37.6 Å². The van der Waals surface area contributed by atoms with Gasteiger partial charge in [0.25, 0.3) is 11.5 Å². The molecule has 0 aliphatic carbocycles. The predicted octanol–water partition coefficient (Wildman–Crippen LogP) is 4.03. The summed E-state index contributed by atoms with van der Waals surface area (Å²) in [5.41, 5.74) is 1.32. The molecule has 3 heterocycles. The van der Waals surface area contributed by atoms with Gasteiger partial charge in [-0.1, -0.05) is 42.2 Å². The first-order chi connectivity index (χ1) is 15.5. The van der Waals surface area contributed by atoms with Crippen LogP contribution in [0.5, 0.6) is 11.6 Å². The summed E-state index contributed by atoms with van der Waals surface area (Å²) in [6.07, 6.45) is 3.82. The zero-order chi connectivity index (χ0) is 22.7. The zero-order valence-corrected chi connectivity index (χ0v) is 19.2. The number of benzene rings is 1. The number of thioether (sulfide) groups is 1. The van der Waals surface area contributed by atoms with E-state index in [0.29, 0.717) is 40.2 Å². The average molecular weight is 468 g/mol. The van der Waals surface area contributed by atoms with Gasteiger partial charge in [0.15, 0.2) is 0 Å². The Balaban J connectivity index is 1.77. The lowest BCUT2D eigenvalue weighted by Gasteiger charge is -2.13. The van der Waals surface area contributed by atoms with Gasteiger partial charge in [-0.2, -0.15) is 4.98 Å². The van der Waals surface area contributed by atoms with Crippen LogP contribution < -0.4 is 10.3 Å². The van der Waals surface area contributed by atoms with Crippen molar-refractivity contribution in [2.75, 3.05) is 20.3 Å². The first-order valence-corrected chi connectivity index (χ1v) is 11.2. The Hall–Kier alpha value is -3.01. The third kappa shape index (κ3) is 4.59. The average Bonchev–Trinajstić information content (AvgIpc) is 3.04. The number of aryl methyl sites for hydroxylation is 1. The lowest BCUT2D eigenvalue weighted by atomic mass is 10.2. The van der Waals surface area contributed by atoms with Crippen LogP contribution >= 0.6 is 24.0 Å². The molecule has 1 fully saturated rings. The van der Waals surface area contributed by atoms with Gasteiger partial charge in [-0.3, -0.25) is 18.9 Å². The Morgan fingerprint density at radius 2 is 2.03 bits per heavy atom. The number of carbonyl (C=O) groups is 1. The third-order valence-electron chi connectivity index (χ3n) is 4.82. The molecule has 0 radical (unpaired) electrons. The van der Waals surface area contributed by atoms with Crippen LogP contribution in [0.3, 0.4) is 0 Å². The van der Waals surface area contributed by atoms with Gasteiger partial charge in [-0.25, -0.2) is 0 Å². The molecule has 0 N–H and O–H groups in total. The topological polar surface area (TPSA) is 73.1 Å². The van der Waals surface area contributed by atoms with Crippen LogP contribution in [0.25, 0.3) is 11.7 Å². The third-order valence-corrected chi connectivity index (χ3v) is 6.20. The monoisotopic (exact) mass is 467 g/mol. The molecule has 0 atom stereocenters. The highest BCUT2D eigenvalue weighted by Crippen LogP contribution is 2.34. The van der Waals surface area contributed by atoms with Crippen molar-refractivity contribution >= 4 is 45.9 Å². The van der Waals surface area contributed by atoms with Gasteiger partial charge in [0, 0.05) is 26.5 Å². The van der Waals surface area contributed by atoms with Crippen LogP contribution in [-0.2, 0) is 9.53 Å². The van der Waals surface area contributed by atoms with Gasteiger partial charge in [0.2, 0.25) is 5.88 Å². The molecule has 1 aliphatic heterocycles. The molecule has 0 saturated carbocycles. The van der Waals surface area contributed by atoms with Crippen molar-refractivity contribution in [1.82, 2.24) is 14.3 Å². The molecule has 32 heavy (non-hydrogen) atoms. The number of rotatable bonds is 7. The number of carbonyl (C=O) groups excluding carboxylic acids is 1. The number of aromatic nitrogens is 2. The van der Waals surface area contributed by atoms with Gasteiger partial charge in [-0.15, -0.1) is 0 Å². The fourth-order valence-electron chi connectivity index (χ4n) is 3.27. The fraction of sp³-hybridized carbons (Fsp3) is 0.217. The van der Waals surface area contributed by atoms with Crippen molar-refractivity contribution in [3.05, 3.63) is 75.0 Å². The summed E-state index contributed by atoms with van der Waals surface area (Å²) in [5, 5.41) is 0. The Morgan fingerprint density at radius 3 is 2.81 bits per heavy atom. The summed E-state index contributed by atoms with van der Waals surface area (Å²) in [6, 6.07) is 12.7. The first-order valence-electron chi connectivity index (χ1n) is 9.98. The summed E-state index contributed by atoms with van der Waals surface area (Å²) in [4.78, 5) is 32.7. The second-order valence-corrected chi connectivity index (χ2v) is 8.84. The van der Waals surface area contributed by atoms with Crippen molar-refractivity contribution in [3.63, 3.8) is 0 Å². The SMILES string of the molecule is COCCCN1C(=O)C(=Cc2c(Oc3cccc(C)c3)nc3ccccn3c2=O)SC1=S. The highest BCUT2D eigenvalue weighted by atomic mass is 32.2. The molecule has 2 aromatic heterocycles. The quantitative estimate of drug-likeness (QED) is 0.295. The van der Waals surface area contributed by atoms with Crippen molar-refractivity contribution < 1.29 is 14.3 Å².